The zero-order valence-electron chi connectivity index (χ0n) is 9.56. The summed E-state index contributed by atoms with van der Waals surface area (Å²) < 4.78 is 18.4. The molecule has 0 fully saturated rings. The van der Waals surface area contributed by atoms with Crippen molar-refractivity contribution in [2.45, 2.75) is 5.75 Å². The normalized spacial score (nSPS) is 10.3. The van der Waals surface area contributed by atoms with Gasteiger partial charge in [-0.3, -0.25) is 4.79 Å². The third-order valence-corrected chi connectivity index (χ3v) is 3.16. The molecule has 3 nitrogen and oxygen atoms in total. The Morgan fingerprint density at radius 2 is 2.11 bits per heavy atom. The van der Waals surface area contributed by atoms with Gasteiger partial charge in [-0.05, 0) is 24.3 Å². The predicted octanol–water partition coefficient (Wildman–Crippen LogP) is 3.29. The first-order valence-corrected chi connectivity index (χ1v) is 6.55. The Kier molecular flexibility index (Phi) is 4.41. The number of carbonyl (C=O) groups is 1. The summed E-state index contributed by atoms with van der Waals surface area (Å²) in [5.41, 5.74) is 0.209. The highest BCUT2D eigenvalue weighted by atomic mass is 32.2. The summed E-state index contributed by atoms with van der Waals surface area (Å²) in [6, 6.07) is 9.75. The lowest BCUT2D eigenvalue weighted by Crippen LogP contribution is -2.15. The van der Waals surface area contributed by atoms with Crippen molar-refractivity contribution in [2.24, 2.45) is 0 Å². The zero-order valence-corrected chi connectivity index (χ0v) is 10.4. The van der Waals surface area contributed by atoms with Gasteiger partial charge in [0.25, 0.3) is 0 Å². The van der Waals surface area contributed by atoms with Gasteiger partial charge in [-0.25, -0.2) is 4.39 Å². The summed E-state index contributed by atoms with van der Waals surface area (Å²) >= 11 is 1.42. The van der Waals surface area contributed by atoms with Crippen molar-refractivity contribution in [3.05, 3.63) is 54.2 Å². The van der Waals surface area contributed by atoms with Crippen LogP contribution in [-0.4, -0.2) is 11.7 Å². The zero-order chi connectivity index (χ0) is 12.8. The van der Waals surface area contributed by atoms with Crippen LogP contribution in [0.5, 0.6) is 0 Å². The Morgan fingerprint density at radius 3 is 2.83 bits per heavy atom. The molecule has 0 aliphatic rings. The summed E-state index contributed by atoms with van der Waals surface area (Å²) in [6.45, 7) is 0. The molecule has 0 saturated heterocycles. The Morgan fingerprint density at radius 1 is 1.28 bits per heavy atom. The molecule has 0 spiro atoms. The van der Waals surface area contributed by atoms with Crippen LogP contribution in [0.25, 0.3) is 0 Å². The minimum atomic E-state index is -0.429. The van der Waals surface area contributed by atoms with Crippen molar-refractivity contribution in [2.75, 3.05) is 11.1 Å². The van der Waals surface area contributed by atoms with E-state index in [0.29, 0.717) is 5.75 Å². The number of furan rings is 1. The highest BCUT2D eigenvalue weighted by Crippen LogP contribution is 2.15. The van der Waals surface area contributed by atoms with Crippen molar-refractivity contribution in [3.63, 3.8) is 0 Å². The van der Waals surface area contributed by atoms with E-state index >= 15 is 0 Å². The quantitative estimate of drug-likeness (QED) is 0.902. The third-order valence-electron chi connectivity index (χ3n) is 2.21. The maximum Gasteiger partial charge on any atom is 0.234 e. The van der Waals surface area contributed by atoms with E-state index in [4.69, 9.17) is 4.42 Å². The first kappa shape index (κ1) is 12.7. The Hall–Kier alpha value is -1.75. The van der Waals surface area contributed by atoms with E-state index in [1.54, 1.807) is 24.5 Å². The molecule has 1 N–H and O–H groups in total. The number of anilines is 1. The number of nitrogens with one attached hydrogen (secondary N) is 1. The fourth-order valence-electron chi connectivity index (χ4n) is 1.39. The standard InChI is InChI=1S/C13H12FNO2S/c14-11-5-1-2-6-12(11)15-13(16)9-18-8-10-4-3-7-17-10/h1-7H,8-9H2,(H,15,16). The van der Waals surface area contributed by atoms with Gasteiger partial charge < -0.3 is 9.73 Å². The van der Waals surface area contributed by atoms with E-state index in [0.717, 1.165) is 5.76 Å². The highest BCUT2D eigenvalue weighted by molar-refractivity contribution is 7.99. The van der Waals surface area contributed by atoms with Crippen LogP contribution >= 0.6 is 11.8 Å². The number of halogens is 1. The van der Waals surface area contributed by atoms with Gasteiger partial charge in [0.05, 0.1) is 23.5 Å². The summed E-state index contributed by atoms with van der Waals surface area (Å²) in [5.74, 6) is 1.05. The van der Waals surface area contributed by atoms with Crippen molar-refractivity contribution >= 4 is 23.4 Å². The third kappa shape index (κ3) is 3.63. The Bertz CT molecular complexity index is 513. The van der Waals surface area contributed by atoms with Crippen LogP contribution < -0.4 is 5.32 Å². The van der Waals surface area contributed by atoms with Gasteiger partial charge in [0.2, 0.25) is 5.91 Å². The summed E-state index contributed by atoms with van der Waals surface area (Å²) in [4.78, 5) is 11.6. The van der Waals surface area contributed by atoms with Crippen LogP contribution in [0.2, 0.25) is 0 Å². The van der Waals surface area contributed by atoms with E-state index in [9.17, 15) is 9.18 Å². The topological polar surface area (TPSA) is 42.2 Å². The Labute approximate surface area is 108 Å². The molecule has 0 saturated carbocycles. The number of carbonyl (C=O) groups excluding carboxylic acids is 1. The molecule has 0 atom stereocenters. The highest BCUT2D eigenvalue weighted by Gasteiger charge is 2.06. The maximum absolute atomic E-state index is 13.3. The van der Waals surface area contributed by atoms with Crippen molar-refractivity contribution < 1.29 is 13.6 Å². The molecule has 0 aliphatic carbocycles. The molecule has 2 aromatic rings. The second-order valence-corrected chi connectivity index (χ2v) is 4.59. The number of hydrogen-bond acceptors (Lipinski definition) is 3. The molecule has 1 heterocycles. The van der Waals surface area contributed by atoms with Crippen molar-refractivity contribution in [3.8, 4) is 0 Å². The lowest BCUT2D eigenvalue weighted by molar-refractivity contribution is -0.113. The SMILES string of the molecule is O=C(CSCc1ccco1)Nc1ccccc1F. The van der Waals surface area contributed by atoms with Gasteiger partial charge in [0, 0.05) is 0 Å². The second kappa shape index (κ2) is 6.26. The van der Waals surface area contributed by atoms with Crippen molar-refractivity contribution in [1.82, 2.24) is 0 Å². The van der Waals surface area contributed by atoms with Crippen LogP contribution in [0.15, 0.2) is 47.1 Å². The number of hydrogen-bond donors (Lipinski definition) is 1. The maximum atomic E-state index is 13.3. The average Bonchev–Trinajstić information content (AvgIpc) is 2.85. The molecule has 5 heteroatoms. The van der Waals surface area contributed by atoms with Gasteiger partial charge in [-0.1, -0.05) is 12.1 Å². The summed E-state index contributed by atoms with van der Waals surface area (Å²) in [7, 11) is 0. The average molecular weight is 265 g/mol. The Balaban J connectivity index is 1.77. The minimum Gasteiger partial charge on any atom is -0.468 e. The fourth-order valence-corrected chi connectivity index (χ4v) is 2.11. The summed E-state index contributed by atoms with van der Waals surface area (Å²) in [6.07, 6.45) is 1.59. The molecule has 1 aromatic heterocycles. The molecule has 1 aromatic carbocycles. The van der Waals surface area contributed by atoms with E-state index < -0.39 is 5.82 Å². The molecular formula is C13H12FNO2S. The minimum absolute atomic E-state index is 0.209. The first-order valence-electron chi connectivity index (χ1n) is 5.40. The number of rotatable bonds is 5. The number of para-hydroxylation sites is 1. The van der Waals surface area contributed by atoms with E-state index in [1.165, 1.54) is 23.9 Å². The van der Waals surface area contributed by atoms with Gasteiger partial charge >= 0.3 is 0 Å². The molecule has 0 bridgehead atoms. The van der Waals surface area contributed by atoms with Crippen LogP contribution in [0, 0.1) is 5.82 Å². The predicted molar refractivity (Wildman–Crippen MR) is 69.9 cm³/mol. The van der Waals surface area contributed by atoms with Gasteiger partial charge in [-0.2, -0.15) is 0 Å². The fraction of sp³-hybridized carbons (Fsp3) is 0.154. The second-order valence-electron chi connectivity index (χ2n) is 3.60. The lowest BCUT2D eigenvalue weighted by Gasteiger charge is -2.05. The van der Waals surface area contributed by atoms with E-state index in [-0.39, 0.29) is 17.3 Å². The molecular weight excluding hydrogens is 253 g/mol. The van der Waals surface area contributed by atoms with Crippen LogP contribution in [0.3, 0.4) is 0 Å². The van der Waals surface area contributed by atoms with Gasteiger partial charge in [0.15, 0.2) is 0 Å². The lowest BCUT2D eigenvalue weighted by atomic mass is 10.3. The number of amides is 1. The van der Waals surface area contributed by atoms with Gasteiger partial charge in [-0.15, -0.1) is 11.8 Å². The van der Waals surface area contributed by atoms with E-state index in [1.807, 2.05) is 6.07 Å². The molecule has 18 heavy (non-hydrogen) atoms. The molecule has 0 aliphatic heterocycles. The molecule has 0 radical (unpaired) electrons. The smallest absolute Gasteiger partial charge is 0.234 e. The number of thioether (sulfide) groups is 1. The van der Waals surface area contributed by atoms with Crippen molar-refractivity contribution in [1.29, 1.82) is 0 Å². The van der Waals surface area contributed by atoms with Gasteiger partial charge in [0.1, 0.15) is 11.6 Å². The largest absolute Gasteiger partial charge is 0.468 e. The van der Waals surface area contributed by atoms with Crippen LogP contribution in [0.1, 0.15) is 5.76 Å². The monoisotopic (exact) mass is 265 g/mol. The van der Waals surface area contributed by atoms with Crippen LogP contribution in [-0.2, 0) is 10.5 Å². The van der Waals surface area contributed by atoms with E-state index in [2.05, 4.69) is 5.32 Å². The molecule has 2 rings (SSSR count). The molecule has 94 valence electrons. The first-order chi connectivity index (χ1) is 8.75. The molecule has 0 unspecified atom stereocenters. The molecule has 1 amide bonds. The number of benzene rings is 1. The van der Waals surface area contributed by atoms with Crippen LogP contribution in [0.4, 0.5) is 10.1 Å². The summed E-state index contributed by atoms with van der Waals surface area (Å²) in [5, 5.41) is 2.52.